The predicted octanol–water partition coefficient (Wildman–Crippen LogP) is 3.02. The molecule has 1 N–H and O–H groups in total. The largest absolute Gasteiger partial charge is 0.495 e. The highest BCUT2D eigenvalue weighted by Crippen LogP contribution is 2.29. The van der Waals surface area contributed by atoms with Crippen molar-refractivity contribution < 1.29 is 13.2 Å². The maximum absolute atomic E-state index is 12.3. The van der Waals surface area contributed by atoms with Crippen LogP contribution in [0.4, 0.5) is 5.69 Å². The molecule has 0 radical (unpaired) electrons. The summed E-state index contributed by atoms with van der Waals surface area (Å²) in [6.07, 6.45) is 0. The number of nitrogens with zero attached hydrogens (tertiary/aromatic N) is 1. The number of sulfonamides is 1. The molecular formula is C14H11ClN2O3S. The van der Waals surface area contributed by atoms with Gasteiger partial charge in [0.25, 0.3) is 10.0 Å². The van der Waals surface area contributed by atoms with Crippen molar-refractivity contribution in [3.63, 3.8) is 0 Å². The molecule has 0 aliphatic heterocycles. The zero-order valence-corrected chi connectivity index (χ0v) is 12.6. The Kier molecular flexibility index (Phi) is 4.36. The molecule has 0 amide bonds. The summed E-state index contributed by atoms with van der Waals surface area (Å²) in [6, 6.07) is 12.2. The first-order valence-corrected chi connectivity index (χ1v) is 7.69. The van der Waals surface area contributed by atoms with Crippen molar-refractivity contribution in [3.8, 4) is 11.8 Å². The summed E-state index contributed by atoms with van der Waals surface area (Å²) < 4.78 is 32.1. The molecule has 5 nitrogen and oxygen atoms in total. The summed E-state index contributed by atoms with van der Waals surface area (Å²) in [5.74, 6) is 0.347. The van der Waals surface area contributed by atoms with Crippen molar-refractivity contribution in [2.24, 2.45) is 0 Å². The number of rotatable bonds is 4. The van der Waals surface area contributed by atoms with Gasteiger partial charge >= 0.3 is 0 Å². The van der Waals surface area contributed by atoms with Gasteiger partial charge in [-0.1, -0.05) is 17.7 Å². The topological polar surface area (TPSA) is 79.2 Å². The van der Waals surface area contributed by atoms with Crippen molar-refractivity contribution in [2.45, 2.75) is 4.90 Å². The van der Waals surface area contributed by atoms with Gasteiger partial charge in [-0.15, -0.1) is 0 Å². The zero-order valence-electron chi connectivity index (χ0n) is 11.0. The molecule has 2 aromatic carbocycles. The molecule has 0 aliphatic carbocycles. The Labute approximate surface area is 127 Å². The minimum absolute atomic E-state index is 0.0106. The Morgan fingerprint density at radius 3 is 2.67 bits per heavy atom. The summed E-state index contributed by atoms with van der Waals surface area (Å²) in [4.78, 5) is -0.0106. The number of hydrogen-bond donors (Lipinski definition) is 1. The Morgan fingerprint density at radius 1 is 1.24 bits per heavy atom. The molecule has 0 saturated carbocycles. The summed E-state index contributed by atoms with van der Waals surface area (Å²) in [6.45, 7) is 0. The van der Waals surface area contributed by atoms with Crippen LogP contribution in [-0.4, -0.2) is 15.5 Å². The minimum Gasteiger partial charge on any atom is -0.495 e. The molecule has 21 heavy (non-hydrogen) atoms. The maximum Gasteiger partial charge on any atom is 0.262 e. The fourth-order valence-corrected chi connectivity index (χ4v) is 2.98. The van der Waals surface area contributed by atoms with E-state index in [-0.39, 0.29) is 16.1 Å². The van der Waals surface area contributed by atoms with Crippen molar-refractivity contribution in [1.82, 2.24) is 0 Å². The van der Waals surface area contributed by atoms with Crippen LogP contribution in [-0.2, 0) is 10.0 Å². The third-order valence-electron chi connectivity index (χ3n) is 2.68. The summed E-state index contributed by atoms with van der Waals surface area (Å²) >= 11 is 5.86. The highest BCUT2D eigenvalue weighted by atomic mass is 35.5. The molecule has 7 heteroatoms. The molecular weight excluding hydrogens is 312 g/mol. The van der Waals surface area contributed by atoms with Crippen molar-refractivity contribution in [1.29, 1.82) is 5.26 Å². The van der Waals surface area contributed by atoms with Crippen LogP contribution in [0.3, 0.4) is 0 Å². The zero-order chi connectivity index (χ0) is 15.5. The van der Waals surface area contributed by atoms with E-state index in [2.05, 4.69) is 4.72 Å². The number of methoxy groups -OCH3 is 1. The average molecular weight is 323 g/mol. The smallest absolute Gasteiger partial charge is 0.262 e. The molecule has 2 rings (SSSR count). The summed E-state index contributed by atoms with van der Waals surface area (Å²) in [5.41, 5.74) is 0.489. The standard InChI is InChI=1S/C14H11ClN2O3S/c1-20-14-6-5-11(15)8-13(14)17-21(18,19)12-4-2-3-10(7-12)9-16/h2-8,17H,1H3. The quantitative estimate of drug-likeness (QED) is 0.938. The van der Waals surface area contributed by atoms with Crippen molar-refractivity contribution >= 4 is 27.3 Å². The molecule has 0 fully saturated rings. The molecule has 0 heterocycles. The van der Waals surface area contributed by atoms with Gasteiger partial charge in [0.15, 0.2) is 0 Å². The van der Waals surface area contributed by atoms with E-state index in [0.29, 0.717) is 10.8 Å². The Morgan fingerprint density at radius 2 is 2.00 bits per heavy atom. The Balaban J connectivity index is 2.42. The normalized spacial score (nSPS) is 10.7. The maximum atomic E-state index is 12.3. The van der Waals surface area contributed by atoms with Gasteiger partial charge in [-0.3, -0.25) is 4.72 Å². The lowest BCUT2D eigenvalue weighted by Gasteiger charge is -2.12. The first kappa shape index (κ1) is 15.2. The second-order valence-electron chi connectivity index (χ2n) is 4.09. The van der Waals surface area contributed by atoms with E-state index in [1.165, 1.54) is 37.4 Å². The van der Waals surface area contributed by atoms with Crippen LogP contribution < -0.4 is 9.46 Å². The van der Waals surface area contributed by atoms with Gasteiger partial charge in [0.1, 0.15) is 5.75 Å². The van der Waals surface area contributed by atoms with E-state index in [1.807, 2.05) is 6.07 Å². The van der Waals surface area contributed by atoms with Crippen LogP contribution in [0.5, 0.6) is 5.75 Å². The van der Waals surface area contributed by atoms with E-state index >= 15 is 0 Å². The molecule has 0 spiro atoms. The number of benzene rings is 2. The Hall–Kier alpha value is -2.23. The van der Waals surface area contributed by atoms with Crippen LogP contribution in [0.15, 0.2) is 47.4 Å². The Bertz CT molecular complexity index is 813. The monoisotopic (exact) mass is 322 g/mol. The van der Waals surface area contributed by atoms with Crippen molar-refractivity contribution in [2.75, 3.05) is 11.8 Å². The third-order valence-corrected chi connectivity index (χ3v) is 4.28. The van der Waals surface area contributed by atoms with E-state index in [1.54, 1.807) is 12.1 Å². The van der Waals surface area contributed by atoms with Crippen LogP contribution in [0.25, 0.3) is 0 Å². The number of anilines is 1. The van der Waals surface area contributed by atoms with Gasteiger partial charge in [-0.05, 0) is 36.4 Å². The first-order valence-electron chi connectivity index (χ1n) is 5.83. The molecule has 2 aromatic rings. The van der Waals surface area contributed by atoms with Gasteiger partial charge in [0.2, 0.25) is 0 Å². The van der Waals surface area contributed by atoms with Gasteiger partial charge in [-0.25, -0.2) is 8.42 Å². The lowest BCUT2D eigenvalue weighted by molar-refractivity contribution is 0.417. The molecule has 108 valence electrons. The fourth-order valence-electron chi connectivity index (χ4n) is 1.70. The van der Waals surface area contributed by atoms with E-state index in [9.17, 15) is 8.42 Å². The molecule has 0 aliphatic rings. The summed E-state index contributed by atoms with van der Waals surface area (Å²) in [7, 11) is -2.41. The van der Waals surface area contributed by atoms with Gasteiger partial charge in [0.05, 0.1) is 29.3 Å². The summed E-state index contributed by atoms with van der Waals surface area (Å²) in [5, 5.41) is 9.21. The minimum atomic E-state index is -3.84. The van der Waals surface area contributed by atoms with Crippen LogP contribution in [0.1, 0.15) is 5.56 Å². The average Bonchev–Trinajstić information content (AvgIpc) is 2.47. The van der Waals surface area contributed by atoms with E-state index in [0.717, 1.165) is 0 Å². The van der Waals surface area contributed by atoms with E-state index in [4.69, 9.17) is 21.6 Å². The highest BCUT2D eigenvalue weighted by molar-refractivity contribution is 7.92. The fraction of sp³-hybridized carbons (Fsp3) is 0.0714. The lowest BCUT2D eigenvalue weighted by Crippen LogP contribution is -2.13. The van der Waals surface area contributed by atoms with Crippen LogP contribution in [0.2, 0.25) is 5.02 Å². The highest BCUT2D eigenvalue weighted by Gasteiger charge is 2.17. The van der Waals surface area contributed by atoms with E-state index < -0.39 is 10.0 Å². The molecule has 0 atom stereocenters. The number of ether oxygens (including phenoxy) is 1. The predicted molar refractivity (Wildman–Crippen MR) is 80.0 cm³/mol. The number of nitrogens with one attached hydrogen (secondary N) is 1. The molecule has 0 saturated heterocycles. The number of halogens is 1. The lowest BCUT2D eigenvalue weighted by atomic mass is 10.2. The van der Waals surface area contributed by atoms with Gasteiger partial charge in [0, 0.05) is 5.02 Å². The van der Waals surface area contributed by atoms with Crippen LogP contribution >= 0.6 is 11.6 Å². The second-order valence-corrected chi connectivity index (χ2v) is 6.21. The molecule has 0 unspecified atom stereocenters. The van der Waals surface area contributed by atoms with Crippen LogP contribution in [0, 0.1) is 11.3 Å². The second kappa shape index (κ2) is 6.04. The van der Waals surface area contributed by atoms with Gasteiger partial charge < -0.3 is 4.74 Å². The number of nitriles is 1. The SMILES string of the molecule is COc1ccc(Cl)cc1NS(=O)(=O)c1cccc(C#N)c1. The first-order chi connectivity index (χ1) is 9.96. The molecule has 0 aromatic heterocycles. The molecule has 0 bridgehead atoms. The third kappa shape index (κ3) is 3.45. The number of hydrogen-bond acceptors (Lipinski definition) is 4. The van der Waals surface area contributed by atoms with Crippen molar-refractivity contribution in [3.05, 3.63) is 53.1 Å². The van der Waals surface area contributed by atoms with Gasteiger partial charge in [-0.2, -0.15) is 5.26 Å².